The normalized spacial score (nSPS) is 19.2. The van der Waals surface area contributed by atoms with Crippen LogP contribution >= 0.6 is 0 Å². The van der Waals surface area contributed by atoms with Crippen LogP contribution in [0, 0.1) is 0 Å². The van der Waals surface area contributed by atoms with E-state index in [0.29, 0.717) is 23.7 Å². The Morgan fingerprint density at radius 2 is 1.60 bits per heavy atom. The molecule has 2 aliphatic rings. The van der Waals surface area contributed by atoms with Gasteiger partial charge in [-0.1, -0.05) is 25.3 Å². The summed E-state index contributed by atoms with van der Waals surface area (Å²) < 4.78 is 16.1. The first kappa shape index (κ1) is 22.6. The topological polar surface area (TPSA) is 51.2 Å². The van der Waals surface area contributed by atoms with Crippen molar-refractivity contribution in [3.63, 3.8) is 0 Å². The van der Waals surface area contributed by atoms with E-state index in [1.807, 2.05) is 18.2 Å². The first-order valence-corrected chi connectivity index (χ1v) is 11.1. The highest BCUT2D eigenvalue weighted by Gasteiger charge is 2.25. The molecule has 0 spiro atoms. The summed E-state index contributed by atoms with van der Waals surface area (Å²) >= 11 is 0. The highest BCUT2D eigenvalue weighted by Crippen LogP contribution is 2.38. The molecule has 0 radical (unpaired) electrons. The lowest BCUT2D eigenvalue weighted by molar-refractivity contribution is -0.115. The maximum Gasteiger partial charge on any atom is 0.203 e. The Bertz CT molecular complexity index is 695. The zero-order valence-corrected chi connectivity index (χ0v) is 18.7. The number of carbonyl (C=O) groups excluding carboxylic acids is 1. The van der Waals surface area contributed by atoms with Gasteiger partial charge in [0.15, 0.2) is 17.3 Å². The van der Waals surface area contributed by atoms with Crippen molar-refractivity contribution in [2.75, 3.05) is 54.1 Å². The van der Waals surface area contributed by atoms with Crippen molar-refractivity contribution >= 4 is 11.9 Å². The Balaban J connectivity index is 1.46. The molecular formula is C24H36N2O4. The smallest absolute Gasteiger partial charge is 0.203 e. The molecule has 0 atom stereocenters. The minimum Gasteiger partial charge on any atom is -0.493 e. The van der Waals surface area contributed by atoms with Gasteiger partial charge in [0, 0.05) is 45.2 Å². The Kier molecular flexibility index (Phi) is 8.58. The standard InChI is InChI=1S/C24H36N2O4/c1-28-22-17-19(18-23(29-2)24(22)30-3)9-10-21(27)11-12-25-13-15-26(16-14-25)20-7-5-4-6-8-20/h9-10,17-18,20H,4-8,11-16H2,1-3H3/b10-9+. The van der Waals surface area contributed by atoms with E-state index in [0.717, 1.165) is 44.3 Å². The number of ether oxygens (including phenoxy) is 3. The van der Waals surface area contributed by atoms with Gasteiger partial charge in [-0.25, -0.2) is 0 Å². The van der Waals surface area contributed by atoms with E-state index in [1.165, 1.54) is 32.1 Å². The van der Waals surface area contributed by atoms with Gasteiger partial charge in [-0.15, -0.1) is 0 Å². The fourth-order valence-corrected chi connectivity index (χ4v) is 4.54. The van der Waals surface area contributed by atoms with Gasteiger partial charge in [0.2, 0.25) is 5.75 Å². The second-order valence-corrected chi connectivity index (χ2v) is 8.18. The van der Waals surface area contributed by atoms with Gasteiger partial charge in [-0.05, 0) is 36.6 Å². The molecule has 0 amide bonds. The molecule has 0 unspecified atom stereocenters. The number of piperazine rings is 1. The van der Waals surface area contributed by atoms with Crippen LogP contribution in [0.4, 0.5) is 0 Å². The van der Waals surface area contributed by atoms with Crippen LogP contribution in [0.15, 0.2) is 18.2 Å². The Hall–Kier alpha value is -2.05. The summed E-state index contributed by atoms with van der Waals surface area (Å²) in [5.41, 5.74) is 0.846. The maximum absolute atomic E-state index is 12.4. The van der Waals surface area contributed by atoms with Crippen LogP contribution in [0.5, 0.6) is 17.2 Å². The fourth-order valence-electron chi connectivity index (χ4n) is 4.54. The summed E-state index contributed by atoms with van der Waals surface area (Å²) in [7, 11) is 4.75. The highest BCUT2D eigenvalue weighted by molar-refractivity contribution is 5.93. The molecule has 1 saturated heterocycles. The molecule has 6 heteroatoms. The first-order valence-electron chi connectivity index (χ1n) is 11.1. The molecule has 3 rings (SSSR count). The molecule has 30 heavy (non-hydrogen) atoms. The minimum absolute atomic E-state index is 0.137. The first-order chi connectivity index (χ1) is 14.6. The number of rotatable bonds is 9. The predicted octanol–water partition coefficient (Wildman–Crippen LogP) is 3.64. The lowest BCUT2D eigenvalue weighted by Gasteiger charge is -2.40. The van der Waals surface area contributed by atoms with Crippen molar-refractivity contribution in [3.8, 4) is 17.2 Å². The van der Waals surface area contributed by atoms with E-state index >= 15 is 0 Å². The monoisotopic (exact) mass is 416 g/mol. The van der Waals surface area contributed by atoms with Gasteiger partial charge in [-0.3, -0.25) is 9.69 Å². The highest BCUT2D eigenvalue weighted by atomic mass is 16.5. The number of benzene rings is 1. The zero-order chi connectivity index (χ0) is 21.3. The van der Waals surface area contributed by atoms with Crippen molar-refractivity contribution in [1.29, 1.82) is 0 Å². The van der Waals surface area contributed by atoms with E-state index in [9.17, 15) is 4.79 Å². The Labute approximate surface area is 180 Å². The van der Waals surface area contributed by atoms with E-state index in [-0.39, 0.29) is 5.78 Å². The van der Waals surface area contributed by atoms with Gasteiger partial charge < -0.3 is 19.1 Å². The summed E-state index contributed by atoms with van der Waals surface area (Å²) in [6, 6.07) is 4.48. The average molecular weight is 417 g/mol. The van der Waals surface area contributed by atoms with Crippen molar-refractivity contribution in [2.45, 2.75) is 44.6 Å². The fraction of sp³-hybridized carbons (Fsp3) is 0.625. The van der Waals surface area contributed by atoms with Crippen LogP contribution in [-0.4, -0.2) is 75.7 Å². The number of methoxy groups -OCH3 is 3. The number of hydrogen-bond acceptors (Lipinski definition) is 6. The molecular weight excluding hydrogens is 380 g/mol. The van der Waals surface area contributed by atoms with Gasteiger partial charge in [0.05, 0.1) is 21.3 Å². The van der Waals surface area contributed by atoms with Gasteiger partial charge >= 0.3 is 0 Å². The molecule has 1 heterocycles. The maximum atomic E-state index is 12.4. The number of nitrogens with zero attached hydrogens (tertiary/aromatic N) is 2. The molecule has 1 aromatic carbocycles. The summed E-state index contributed by atoms with van der Waals surface area (Å²) in [6.07, 6.45) is 10.9. The second kappa shape index (κ2) is 11.4. The van der Waals surface area contributed by atoms with Crippen molar-refractivity contribution in [2.24, 2.45) is 0 Å². The van der Waals surface area contributed by atoms with E-state index in [1.54, 1.807) is 27.4 Å². The van der Waals surface area contributed by atoms with Crippen LogP contribution in [0.2, 0.25) is 0 Å². The molecule has 0 aromatic heterocycles. The largest absolute Gasteiger partial charge is 0.493 e. The van der Waals surface area contributed by atoms with E-state index in [2.05, 4.69) is 9.80 Å². The van der Waals surface area contributed by atoms with Crippen molar-refractivity contribution in [1.82, 2.24) is 9.80 Å². The number of allylic oxidation sites excluding steroid dienone is 1. The zero-order valence-electron chi connectivity index (χ0n) is 18.7. The van der Waals surface area contributed by atoms with Crippen LogP contribution in [0.25, 0.3) is 6.08 Å². The summed E-state index contributed by atoms with van der Waals surface area (Å²) in [5, 5.41) is 0. The SMILES string of the molecule is COc1cc(/C=C/C(=O)CCN2CCN(C3CCCCC3)CC2)cc(OC)c1OC. The molecule has 166 valence electrons. The average Bonchev–Trinajstić information content (AvgIpc) is 2.81. The predicted molar refractivity (Wildman–Crippen MR) is 120 cm³/mol. The van der Waals surface area contributed by atoms with Crippen LogP contribution in [0.3, 0.4) is 0 Å². The molecule has 1 saturated carbocycles. The minimum atomic E-state index is 0.137. The molecule has 0 N–H and O–H groups in total. The van der Waals surface area contributed by atoms with E-state index < -0.39 is 0 Å². The Morgan fingerprint density at radius 1 is 0.967 bits per heavy atom. The lowest BCUT2D eigenvalue weighted by atomic mass is 9.94. The second-order valence-electron chi connectivity index (χ2n) is 8.18. The van der Waals surface area contributed by atoms with E-state index in [4.69, 9.17) is 14.2 Å². The molecule has 2 fully saturated rings. The molecule has 6 nitrogen and oxygen atoms in total. The molecule has 1 aromatic rings. The Morgan fingerprint density at radius 3 is 2.17 bits per heavy atom. The number of carbonyl (C=O) groups is 1. The number of hydrogen-bond donors (Lipinski definition) is 0. The number of ketones is 1. The van der Waals surface area contributed by atoms with Crippen molar-refractivity contribution < 1.29 is 19.0 Å². The van der Waals surface area contributed by atoms with Gasteiger partial charge in [0.25, 0.3) is 0 Å². The summed E-state index contributed by atoms with van der Waals surface area (Å²) in [5.74, 6) is 1.86. The van der Waals surface area contributed by atoms with Crippen molar-refractivity contribution in [3.05, 3.63) is 23.8 Å². The van der Waals surface area contributed by atoms with Crippen LogP contribution in [-0.2, 0) is 4.79 Å². The summed E-state index contributed by atoms with van der Waals surface area (Å²) in [6.45, 7) is 5.25. The lowest BCUT2D eigenvalue weighted by Crippen LogP contribution is -2.51. The summed E-state index contributed by atoms with van der Waals surface area (Å²) in [4.78, 5) is 17.5. The third kappa shape index (κ3) is 5.99. The van der Waals surface area contributed by atoms with Gasteiger partial charge in [-0.2, -0.15) is 0 Å². The third-order valence-electron chi connectivity index (χ3n) is 6.32. The van der Waals surface area contributed by atoms with Crippen LogP contribution in [0.1, 0.15) is 44.1 Å². The molecule has 1 aliphatic carbocycles. The quantitative estimate of drug-likeness (QED) is 0.573. The molecule has 1 aliphatic heterocycles. The van der Waals surface area contributed by atoms with Crippen LogP contribution < -0.4 is 14.2 Å². The third-order valence-corrected chi connectivity index (χ3v) is 6.32. The van der Waals surface area contributed by atoms with Gasteiger partial charge in [0.1, 0.15) is 0 Å². The molecule has 0 bridgehead atoms.